The molecule has 0 unspecified atom stereocenters. The van der Waals surface area contributed by atoms with Gasteiger partial charge in [-0.2, -0.15) is 4.68 Å². The van der Waals surface area contributed by atoms with Gasteiger partial charge >= 0.3 is 0 Å². The minimum atomic E-state index is -3.78. The van der Waals surface area contributed by atoms with Crippen LogP contribution in [0.4, 0.5) is 5.82 Å². The topological polar surface area (TPSA) is 172 Å². The highest BCUT2D eigenvalue weighted by molar-refractivity contribution is 7.89. The average molecular weight is 297 g/mol. The zero-order valence-electron chi connectivity index (χ0n) is 10.0. The summed E-state index contributed by atoms with van der Waals surface area (Å²) in [7, 11) is -3.78. The summed E-state index contributed by atoms with van der Waals surface area (Å²) >= 11 is 0. The Morgan fingerprint density at radius 1 is 1.25 bits per heavy atom. The lowest BCUT2D eigenvalue weighted by Gasteiger charge is -2.04. The molecule has 0 fully saturated rings. The summed E-state index contributed by atoms with van der Waals surface area (Å²) in [5.74, 6) is 4.26. The molecule has 1 aromatic carbocycles. The number of anilines is 1. The second kappa shape index (κ2) is 4.88. The maximum atomic E-state index is 11.3. The normalized spacial score (nSPS) is 11.3. The molecule has 0 aliphatic rings. The van der Waals surface area contributed by atoms with Crippen LogP contribution in [-0.4, -0.2) is 29.3 Å². The Labute approximate surface area is 113 Å². The molecule has 11 heteroatoms. The SMILES string of the molecule is NNC(=O)c1nnn(-c2ccc(S(N)(=O)=O)cc2)c1N. The van der Waals surface area contributed by atoms with Crippen molar-refractivity contribution in [2.45, 2.75) is 4.90 Å². The van der Waals surface area contributed by atoms with E-state index in [1.165, 1.54) is 24.3 Å². The number of carbonyl (C=O) groups is 1. The zero-order chi connectivity index (χ0) is 14.9. The van der Waals surface area contributed by atoms with Gasteiger partial charge in [-0.15, -0.1) is 5.10 Å². The third-order valence-electron chi connectivity index (χ3n) is 2.46. The molecule has 0 saturated heterocycles. The standard InChI is InChI=1S/C9H11N7O3S/c10-8-7(9(17)13-11)14-15-16(8)5-1-3-6(4-2-5)20(12,18)19/h1-4H,10-11H2,(H,13,17)(H2,12,18,19). The van der Waals surface area contributed by atoms with Crippen LogP contribution in [0.1, 0.15) is 10.5 Å². The number of aromatic nitrogens is 3. The fourth-order valence-electron chi connectivity index (χ4n) is 1.49. The van der Waals surface area contributed by atoms with Gasteiger partial charge in [0.25, 0.3) is 5.91 Å². The smallest absolute Gasteiger partial charge is 0.289 e. The van der Waals surface area contributed by atoms with Crippen LogP contribution in [-0.2, 0) is 10.0 Å². The molecule has 106 valence electrons. The van der Waals surface area contributed by atoms with Gasteiger partial charge in [0.15, 0.2) is 11.5 Å². The summed E-state index contributed by atoms with van der Waals surface area (Å²) in [6.07, 6.45) is 0. The van der Waals surface area contributed by atoms with Crippen LogP contribution < -0.4 is 22.1 Å². The van der Waals surface area contributed by atoms with Crippen LogP contribution in [0.15, 0.2) is 29.2 Å². The Bertz CT molecular complexity index is 750. The fraction of sp³-hybridized carbons (Fsp3) is 0. The van der Waals surface area contributed by atoms with Gasteiger partial charge in [-0.1, -0.05) is 5.21 Å². The molecule has 0 aliphatic heterocycles. The Kier molecular flexibility index (Phi) is 3.40. The van der Waals surface area contributed by atoms with E-state index in [-0.39, 0.29) is 16.4 Å². The quantitative estimate of drug-likeness (QED) is 0.291. The summed E-state index contributed by atoms with van der Waals surface area (Å²) < 4.78 is 23.4. The molecular weight excluding hydrogens is 286 g/mol. The van der Waals surface area contributed by atoms with Gasteiger partial charge in [0.05, 0.1) is 10.6 Å². The van der Waals surface area contributed by atoms with E-state index in [4.69, 9.17) is 16.7 Å². The van der Waals surface area contributed by atoms with Crippen LogP contribution in [0.3, 0.4) is 0 Å². The predicted molar refractivity (Wildman–Crippen MR) is 68.8 cm³/mol. The summed E-state index contributed by atoms with van der Waals surface area (Å²) in [5, 5.41) is 12.3. The van der Waals surface area contributed by atoms with Crippen molar-refractivity contribution in [1.29, 1.82) is 0 Å². The number of nitrogens with two attached hydrogens (primary N) is 3. The molecule has 0 saturated carbocycles. The van der Waals surface area contributed by atoms with Crippen LogP contribution >= 0.6 is 0 Å². The summed E-state index contributed by atoms with van der Waals surface area (Å²) in [4.78, 5) is 11.3. The van der Waals surface area contributed by atoms with E-state index in [0.717, 1.165) is 4.68 Å². The van der Waals surface area contributed by atoms with Crippen molar-refractivity contribution in [2.75, 3.05) is 5.73 Å². The Morgan fingerprint density at radius 3 is 2.35 bits per heavy atom. The van der Waals surface area contributed by atoms with E-state index >= 15 is 0 Å². The number of carbonyl (C=O) groups excluding carboxylic acids is 1. The highest BCUT2D eigenvalue weighted by Crippen LogP contribution is 2.16. The first-order chi connectivity index (χ1) is 9.34. The molecule has 0 spiro atoms. The lowest BCUT2D eigenvalue weighted by atomic mass is 10.3. The van der Waals surface area contributed by atoms with Crippen molar-refractivity contribution in [2.24, 2.45) is 11.0 Å². The monoisotopic (exact) mass is 297 g/mol. The number of amides is 1. The third-order valence-corrected chi connectivity index (χ3v) is 3.39. The Morgan fingerprint density at radius 2 is 1.85 bits per heavy atom. The van der Waals surface area contributed by atoms with Gasteiger partial charge in [0.2, 0.25) is 10.0 Å². The minimum Gasteiger partial charge on any atom is -0.382 e. The number of nitrogens with zero attached hydrogens (tertiary/aromatic N) is 3. The maximum absolute atomic E-state index is 11.3. The van der Waals surface area contributed by atoms with E-state index in [9.17, 15) is 13.2 Å². The van der Waals surface area contributed by atoms with Crippen LogP contribution in [0.25, 0.3) is 5.69 Å². The minimum absolute atomic E-state index is 0.0312. The molecule has 1 amide bonds. The number of hydrazine groups is 1. The number of benzene rings is 1. The van der Waals surface area contributed by atoms with E-state index in [2.05, 4.69) is 10.3 Å². The first-order valence-corrected chi connectivity index (χ1v) is 6.74. The van der Waals surface area contributed by atoms with E-state index in [0.29, 0.717) is 5.69 Å². The van der Waals surface area contributed by atoms with Crippen LogP contribution in [0.2, 0.25) is 0 Å². The molecule has 20 heavy (non-hydrogen) atoms. The summed E-state index contributed by atoms with van der Waals surface area (Å²) in [6, 6.07) is 5.42. The van der Waals surface area contributed by atoms with E-state index in [1.807, 2.05) is 5.43 Å². The number of sulfonamides is 1. The second-order valence-electron chi connectivity index (χ2n) is 3.75. The van der Waals surface area contributed by atoms with Crippen LogP contribution in [0.5, 0.6) is 0 Å². The molecule has 0 radical (unpaired) electrons. The molecule has 0 aliphatic carbocycles. The molecule has 1 heterocycles. The Balaban J connectivity index is 2.43. The van der Waals surface area contributed by atoms with E-state index < -0.39 is 15.9 Å². The highest BCUT2D eigenvalue weighted by Gasteiger charge is 2.17. The molecular formula is C9H11N7O3S. The van der Waals surface area contributed by atoms with Crippen LogP contribution in [0, 0.1) is 0 Å². The molecule has 7 N–H and O–H groups in total. The predicted octanol–water partition coefficient (Wildman–Crippen LogP) is -1.90. The van der Waals surface area contributed by atoms with E-state index in [1.54, 1.807) is 0 Å². The highest BCUT2D eigenvalue weighted by atomic mass is 32.2. The molecule has 0 atom stereocenters. The largest absolute Gasteiger partial charge is 0.382 e. The van der Waals surface area contributed by atoms with Gasteiger partial charge in [-0.05, 0) is 24.3 Å². The van der Waals surface area contributed by atoms with Crippen molar-refractivity contribution < 1.29 is 13.2 Å². The Hall–Kier alpha value is -2.50. The molecule has 2 rings (SSSR count). The van der Waals surface area contributed by atoms with Gasteiger partial charge in [-0.3, -0.25) is 10.2 Å². The number of nitrogens with one attached hydrogen (secondary N) is 1. The first kappa shape index (κ1) is 13.9. The van der Waals surface area contributed by atoms with Gasteiger partial charge in [0, 0.05) is 0 Å². The second-order valence-corrected chi connectivity index (χ2v) is 5.31. The lowest BCUT2D eigenvalue weighted by molar-refractivity contribution is 0.0949. The number of hydrogen-bond acceptors (Lipinski definition) is 7. The van der Waals surface area contributed by atoms with Crippen molar-refractivity contribution in [1.82, 2.24) is 20.4 Å². The fourth-order valence-corrected chi connectivity index (χ4v) is 2.00. The van der Waals surface area contributed by atoms with Gasteiger partial charge in [0.1, 0.15) is 0 Å². The molecule has 2 aromatic rings. The number of primary sulfonamides is 1. The zero-order valence-corrected chi connectivity index (χ0v) is 10.8. The number of hydrogen-bond donors (Lipinski definition) is 4. The average Bonchev–Trinajstić information content (AvgIpc) is 2.79. The van der Waals surface area contributed by atoms with Gasteiger partial charge < -0.3 is 5.73 Å². The number of nitrogen functional groups attached to an aromatic ring is 2. The molecule has 0 bridgehead atoms. The first-order valence-electron chi connectivity index (χ1n) is 5.20. The van der Waals surface area contributed by atoms with Crippen molar-refractivity contribution in [3.05, 3.63) is 30.0 Å². The van der Waals surface area contributed by atoms with Crippen molar-refractivity contribution in [3.8, 4) is 5.69 Å². The van der Waals surface area contributed by atoms with Gasteiger partial charge in [-0.25, -0.2) is 19.4 Å². The molecule has 1 aromatic heterocycles. The van der Waals surface area contributed by atoms with Crippen molar-refractivity contribution >= 4 is 21.7 Å². The lowest BCUT2D eigenvalue weighted by Crippen LogP contribution is -2.31. The third kappa shape index (κ3) is 2.45. The van der Waals surface area contributed by atoms with Crippen molar-refractivity contribution in [3.63, 3.8) is 0 Å². The summed E-state index contributed by atoms with van der Waals surface area (Å²) in [6.45, 7) is 0. The maximum Gasteiger partial charge on any atom is 0.289 e. The molecule has 10 nitrogen and oxygen atoms in total. The number of rotatable bonds is 3. The summed E-state index contributed by atoms with van der Waals surface area (Å²) in [5.41, 5.74) is 7.88.